The molecule has 0 amide bonds. The Morgan fingerprint density at radius 1 is 0.943 bits per heavy atom. The molecule has 35 heavy (non-hydrogen) atoms. The molecule has 8 heteroatoms. The molecular weight excluding hydrogens is 446 g/mol. The van der Waals surface area contributed by atoms with E-state index in [0.717, 1.165) is 11.3 Å². The average molecular weight is 476 g/mol. The molecule has 2 N–H and O–H groups in total. The number of carbonyl (C=O) groups excluding carboxylic acids is 1. The molecule has 2 aliphatic rings. The van der Waals surface area contributed by atoms with Crippen LogP contribution in [0.15, 0.2) is 58.5 Å². The van der Waals surface area contributed by atoms with Gasteiger partial charge in [0, 0.05) is 23.6 Å². The van der Waals surface area contributed by atoms with Crippen molar-refractivity contribution < 1.29 is 19.0 Å². The van der Waals surface area contributed by atoms with Crippen molar-refractivity contribution in [2.75, 3.05) is 26.6 Å². The summed E-state index contributed by atoms with van der Waals surface area (Å²) in [7, 11) is 4.64. The van der Waals surface area contributed by atoms with Gasteiger partial charge in [-0.1, -0.05) is 32.0 Å². The molecular formula is C27H29N3O5. The summed E-state index contributed by atoms with van der Waals surface area (Å²) in [6, 6.07) is 13.0. The first-order valence-corrected chi connectivity index (χ1v) is 11.5. The Labute approximate surface area is 203 Å². The van der Waals surface area contributed by atoms with Gasteiger partial charge in [-0.2, -0.15) is 0 Å². The van der Waals surface area contributed by atoms with Crippen LogP contribution in [0, 0.1) is 5.41 Å². The lowest BCUT2D eigenvalue weighted by atomic mass is 9.69. The lowest BCUT2D eigenvalue weighted by Gasteiger charge is -2.38. The molecule has 0 unspecified atom stereocenters. The summed E-state index contributed by atoms with van der Waals surface area (Å²) in [6.07, 6.45) is 1.09. The molecule has 0 saturated heterocycles. The fraction of sp³-hybridized carbons (Fsp3) is 0.333. The molecule has 8 nitrogen and oxygen atoms in total. The van der Waals surface area contributed by atoms with E-state index in [1.54, 1.807) is 21.3 Å². The molecule has 2 heterocycles. The highest BCUT2D eigenvalue weighted by molar-refractivity contribution is 6.01. The highest BCUT2D eigenvalue weighted by Crippen LogP contribution is 2.50. The van der Waals surface area contributed by atoms with Gasteiger partial charge in [0.2, 0.25) is 5.75 Å². The summed E-state index contributed by atoms with van der Waals surface area (Å²) in [6.45, 7) is 4.16. The number of para-hydroxylation sites is 1. The van der Waals surface area contributed by atoms with Gasteiger partial charge >= 0.3 is 0 Å². The third kappa shape index (κ3) is 3.69. The van der Waals surface area contributed by atoms with E-state index in [-0.39, 0.29) is 16.8 Å². The molecule has 0 spiro atoms. The first-order chi connectivity index (χ1) is 16.8. The Hall–Kier alpha value is -3.94. The van der Waals surface area contributed by atoms with Crippen molar-refractivity contribution in [1.82, 2.24) is 9.78 Å². The van der Waals surface area contributed by atoms with Gasteiger partial charge < -0.3 is 19.5 Å². The normalized spacial score (nSPS) is 18.4. The minimum absolute atomic E-state index is 0.0278. The molecule has 0 bridgehead atoms. The zero-order valence-electron chi connectivity index (χ0n) is 20.5. The van der Waals surface area contributed by atoms with Crippen LogP contribution in [0.2, 0.25) is 0 Å². The summed E-state index contributed by atoms with van der Waals surface area (Å²) in [4.78, 5) is 27.4. The van der Waals surface area contributed by atoms with E-state index in [0.29, 0.717) is 52.7 Å². The van der Waals surface area contributed by atoms with E-state index in [1.807, 2.05) is 42.5 Å². The molecule has 5 rings (SSSR count). The van der Waals surface area contributed by atoms with E-state index in [4.69, 9.17) is 14.2 Å². The second-order valence-corrected chi connectivity index (χ2v) is 9.73. The highest BCUT2D eigenvalue weighted by Gasteiger charge is 2.43. The lowest BCUT2D eigenvalue weighted by molar-refractivity contribution is -0.118. The molecule has 182 valence electrons. The van der Waals surface area contributed by atoms with Gasteiger partial charge in [0.25, 0.3) is 5.56 Å². The van der Waals surface area contributed by atoms with Crippen molar-refractivity contribution in [2.24, 2.45) is 5.41 Å². The van der Waals surface area contributed by atoms with Gasteiger partial charge in [-0.25, -0.2) is 4.68 Å². The number of allylic oxidation sites excluding steroid dienone is 2. The van der Waals surface area contributed by atoms with Crippen LogP contribution in [0.1, 0.15) is 43.7 Å². The quantitative estimate of drug-likeness (QED) is 0.568. The maximum atomic E-state index is 13.8. The van der Waals surface area contributed by atoms with Gasteiger partial charge in [-0.3, -0.25) is 14.7 Å². The van der Waals surface area contributed by atoms with Gasteiger partial charge in [0.1, 0.15) is 5.82 Å². The van der Waals surface area contributed by atoms with E-state index >= 15 is 0 Å². The van der Waals surface area contributed by atoms with Gasteiger partial charge in [-0.05, 0) is 41.7 Å². The van der Waals surface area contributed by atoms with E-state index in [2.05, 4.69) is 24.3 Å². The number of benzene rings is 2. The lowest BCUT2D eigenvalue weighted by Crippen LogP contribution is -2.35. The number of ether oxygens (including phenoxy) is 3. The first-order valence-electron chi connectivity index (χ1n) is 11.5. The van der Waals surface area contributed by atoms with Crippen molar-refractivity contribution >= 4 is 11.6 Å². The number of aromatic amines is 1. The van der Waals surface area contributed by atoms with Gasteiger partial charge in [0.05, 0.1) is 32.6 Å². The van der Waals surface area contributed by atoms with Crippen molar-refractivity contribution in [3.8, 4) is 22.9 Å². The number of Topliss-reactive ketones (excluding diaryl/α,β-unsaturated/α-hetero) is 1. The topological polar surface area (TPSA) is 94.6 Å². The predicted octanol–water partition coefficient (Wildman–Crippen LogP) is 4.39. The Morgan fingerprint density at radius 3 is 2.20 bits per heavy atom. The van der Waals surface area contributed by atoms with Crippen LogP contribution in [0.5, 0.6) is 17.2 Å². The smallest absolute Gasteiger partial charge is 0.277 e. The zero-order chi connectivity index (χ0) is 24.9. The minimum atomic E-state index is -0.590. The van der Waals surface area contributed by atoms with Crippen molar-refractivity contribution in [1.29, 1.82) is 0 Å². The van der Waals surface area contributed by atoms with Crippen LogP contribution in [0.4, 0.5) is 5.82 Å². The number of hydrogen-bond acceptors (Lipinski definition) is 6. The van der Waals surface area contributed by atoms with Gasteiger partial charge in [0.15, 0.2) is 17.3 Å². The number of ketones is 1. The van der Waals surface area contributed by atoms with Crippen LogP contribution >= 0.6 is 0 Å². The summed E-state index contributed by atoms with van der Waals surface area (Å²) in [5, 5.41) is 6.62. The number of anilines is 1. The molecule has 1 atom stereocenters. The number of carbonyl (C=O) groups is 1. The first kappa shape index (κ1) is 22.8. The van der Waals surface area contributed by atoms with E-state index in [9.17, 15) is 9.59 Å². The Bertz CT molecular complexity index is 1370. The van der Waals surface area contributed by atoms with Crippen LogP contribution in [-0.2, 0) is 4.79 Å². The fourth-order valence-corrected chi connectivity index (χ4v) is 5.25. The minimum Gasteiger partial charge on any atom is -0.493 e. The third-order valence-corrected chi connectivity index (χ3v) is 6.73. The number of nitrogens with zero attached hydrogens (tertiary/aromatic N) is 1. The highest BCUT2D eigenvalue weighted by atomic mass is 16.5. The van der Waals surface area contributed by atoms with E-state index < -0.39 is 5.92 Å². The summed E-state index contributed by atoms with van der Waals surface area (Å²) >= 11 is 0. The number of nitrogens with one attached hydrogen (secondary N) is 2. The average Bonchev–Trinajstić information content (AvgIpc) is 3.17. The maximum absolute atomic E-state index is 13.8. The van der Waals surface area contributed by atoms with Crippen LogP contribution in [0.3, 0.4) is 0 Å². The number of rotatable bonds is 5. The van der Waals surface area contributed by atoms with Crippen LogP contribution in [-0.4, -0.2) is 36.9 Å². The molecule has 2 aromatic carbocycles. The Balaban J connectivity index is 1.78. The number of aromatic nitrogens is 2. The summed E-state index contributed by atoms with van der Waals surface area (Å²) in [5.41, 5.74) is 2.95. The molecule has 1 aliphatic heterocycles. The SMILES string of the molecule is COc1cc([C@H]2C3=C(CC(C)(C)CC3=O)Nc3[nH]n(-c4ccccc4)c(=O)c32)cc(OC)c1OC. The standard InChI is InChI=1S/C27H29N3O5/c1-27(2)13-17-22(18(31)14-27)21(15-11-19(33-3)24(35-5)20(12-15)34-4)23-25(28-17)29-30(26(23)32)16-9-7-6-8-10-16/h6-12,21,28-29H,13-14H2,1-5H3/t21-/m0/s1. The summed E-state index contributed by atoms with van der Waals surface area (Å²) in [5.74, 6) is 1.40. The molecule has 1 aliphatic carbocycles. The van der Waals surface area contributed by atoms with Crippen molar-refractivity contribution in [3.63, 3.8) is 0 Å². The zero-order valence-corrected chi connectivity index (χ0v) is 20.5. The molecule has 1 aromatic heterocycles. The monoisotopic (exact) mass is 475 g/mol. The molecule has 0 saturated carbocycles. The molecule has 0 radical (unpaired) electrons. The molecule has 0 fully saturated rings. The van der Waals surface area contributed by atoms with Crippen molar-refractivity contribution in [3.05, 3.63) is 75.2 Å². The largest absolute Gasteiger partial charge is 0.493 e. The van der Waals surface area contributed by atoms with Gasteiger partial charge in [-0.15, -0.1) is 0 Å². The van der Waals surface area contributed by atoms with Crippen molar-refractivity contribution in [2.45, 2.75) is 32.6 Å². The third-order valence-electron chi connectivity index (χ3n) is 6.73. The van der Waals surface area contributed by atoms with Crippen LogP contribution < -0.4 is 25.1 Å². The number of hydrogen-bond donors (Lipinski definition) is 2. The predicted molar refractivity (Wildman–Crippen MR) is 133 cm³/mol. The second kappa shape index (κ2) is 8.37. The number of fused-ring (bicyclic) bond motifs is 1. The molecule has 3 aromatic rings. The fourth-order valence-electron chi connectivity index (χ4n) is 5.25. The van der Waals surface area contributed by atoms with E-state index in [1.165, 1.54) is 4.68 Å². The summed E-state index contributed by atoms with van der Waals surface area (Å²) < 4.78 is 18.2. The van der Waals surface area contributed by atoms with Crippen LogP contribution in [0.25, 0.3) is 5.69 Å². The Kier molecular flexibility index (Phi) is 5.46. The second-order valence-electron chi connectivity index (χ2n) is 9.73. The maximum Gasteiger partial charge on any atom is 0.277 e. The number of methoxy groups -OCH3 is 3. The Morgan fingerprint density at radius 2 is 1.60 bits per heavy atom. The number of H-pyrrole nitrogens is 1.